The zero-order valence-electron chi connectivity index (χ0n) is 16.6. The minimum Gasteiger partial charge on any atom is -0.494 e. The second kappa shape index (κ2) is 8.95. The average Bonchev–Trinajstić information content (AvgIpc) is 3.17. The Bertz CT molecular complexity index is 715. The van der Waals surface area contributed by atoms with Crippen LogP contribution >= 0.6 is 0 Å². The van der Waals surface area contributed by atoms with Gasteiger partial charge in [0, 0.05) is 26.1 Å². The molecular weight excluding hydrogens is 354 g/mol. The monoisotopic (exact) mass is 385 g/mol. The summed E-state index contributed by atoms with van der Waals surface area (Å²) in [7, 11) is 0. The standard InChI is InChI=1S/C22H31N3O3/c26-21-8-7-20(23-21)22(27)25-13-9-17-15-19(6-5-18(17)16-25)28-14-4-12-24-10-2-1-3-11-24/h5-6,15,20H,1-4,7-14,16H2,(H,23,26). The van der Waals surface area contributed by atoms with E-state index in [0.29, 0.717) is 25.9 Å². The van der Waals surface area contributed by atoms with Gasteiger partial charge in [0.15, 0.2) is 0 Å². The van der Waals surface area contributed by atoms with Crippen molar-refractivity contribution in [3.8, 4) is 5.75 Å². The number of piperidine rings is 1. The predicted octanol–water partition coefficient (Wildman–Crippen LogP) is 2.10. The smallest absolute Gasteiger partial charge is 0.245 e. The van der Waals surface area contributed by atoms with Crippen LogP contribution in [0.3, 0.4) is 0 Å². The molecule has 1 unspecified atom stereocenters. The molecule has 6 nitrogen and oxygen atoms in total. The van der Waals surface area contributed by atoms with Gasteiger partial charge in [0.2, 0.25) is 11.8 Å². The Morgan fingerprint density at radius 1 is 1.11 bits per heavy atom. The molecule has 3 heterocycles. The fourth-order valence-electron chi connectivity index (χ4n) is 4.49. The Balaban J connectivity index is 1.25. The molecule has 1 aromatic carbocycles. The second-order valence-electron chi connectivity index (χ2n) is 8.20. The zero-order valence-corrected chi connectivity index (χ0v) is 16.6. The fraction of sp³-hybridized carbons (Fsp3) is 0.636. The van der Waals surface area contributed by atoms with E-state index in [1.54, 1.807) is 0 Å². The van der Waals surface area contributed by atoms with Gasteiger partial charge >= 0.3 is 0 Å². The first-order valence-electron chi connectivity index (χ1n) is 10.7. The maximum atomic E-state index is 12.6. The summed E-state index contributed by atoms with van der Waals surface area (Å²) in [5, 5.41) is 2.78. The van der Waals surface area contributed by atoms with Crippen molar-refractivity contribution in [2.24, 2.45) is 0 Å². The zero-order chi connectivity index (χ0) is 19.3. The van der Waals surface area contributed by atoms with E-state index in [9.17, 15) is 9.59 Å². The van der Waals surface area contributed by atoms with Crippen LogP contribution in [0.1, 0.15) is 49.7 Å². The normalized spacial score (nSPS) is 22.6. The third kappa shape index (κ3) is 4.66. The number of carbonyl (C=O) groups excluding carboxylic acids is 2. The van der Waals surface area contributed by atoms with Gasteiger partial charge in [-0.3, -0.25) is 9.59 Å². The first-order chi connectivity index (χ1) is 13.7. The molecule has 152 valence electrons. The molecule has 28 heavy (non-hydrogen) atoms. The van der Waals surface area contributed by atoms with Crippen molar-refractivity contribution >= 4 is 11.8 Å². The Morgan fingerprint density at radius 3 is 2.75 bits per heavy atom. The van der Waals surface area contributed by atoms with Gasteiger partial charge in [-0.25, -0.2) is 0 Å². The Kier molecular flexibility index (Phi) is 6.15. The fourth-order valence-corrected chi connectivity index (χ4v) is 4.49. The quantitative estimate of drug-likeness (QED) is 0.762. The van der Waals surface area contributed by atoms with Crippen molar-refractivity contribution in [2.75, 3.05) is 32.8 Å². The van der Waals surface area contributed by atoms with Crippen LogP contribution in [0, 0.1) is 0 Å². The van der Waals surface area contributed by atoms with Crippen molar-refractivity contribution in [3.05, 3.63) is 29.3 Å². The molecule has 0 spiro atoms. The molecule has 1 aromatic rings. The molecule has 1 atom stereocenters. The van der Waals surface area contributed by atoms with Crippen molar-refractivity contribution in [1.29, 1.82) is 0 Å². The molecule has 0 radical (unpaired) electrons. The maximum Gasteiger partial charge on any atom is 0.245 e. The topological polar surface area (TPSA) is 61.9 Å². The summed E-state index contributed by atoms with van der Waals surface area (Å²) in [4.78, 5) is 28.4. The lowest BCUT2D eigenvalue weighted by atomic mass is 9.98. The molecule has 2 amide bonds. The number of amides is 2. The van der Waals surface area contributed by atoms with Crippen LogP contribution < -0.4 is 10.1 Å². The molecule has 4 rings (SSSR count). The van der Waals surface area contributed by atoms with E-state index < -0.39 is 0 Å². The minimum atomic E-state index is -0.337. The number of likely N-dealkylation sites (tertiary alicyclic amines) is 1. The van der Waals surface area contributed by atoms with E-state index in [4.69, 9.17) is 4.74 Å². The predicted molar refractivity (Wildman–Crippen MR) is 107 cm³/mol. The lowest BCUT2D eigenvalue weighted by Gasteiger charge is -2.31. The van der Waals surface area contributed by atoms with Crippen molar-refractivity contribution in [2.45, 2.75) is 57.5 Å². The van der Waals surface area contributed by atoms with Crippen molar-refractivity contribution in [1.82, 2.24) is 15.1 Å². The van der Waals surface area contributed by atoms with Gasteiger partial charge in [0.25, 0.3) is 0 Å². The molecule has 0 bridgehead atoms. The lowest BCUT2D eigenvalue weighted by Crippen LogP contribution is -2.46. The summed E-state index contributed by atoms with van der Waals surface area (Å²) in [6.45, 7) is 5.67. The summed E-state index contributed by atoms with van der Waals surface area (Å²) in [5.74, 6) is 0.965. The van der Waals surface area contributed by atoms with E-state index in [2.05, 4.69) is 22.3 Å². The highest BCUT2D eigenvalue weighted by Crippen LogP contribution is 2.25. The van der Waals surface area contributed by atoms with Crippen LogP contribution in [-0.2, 0) is 22.6 Å². The largest absolute Gasteiger partial charge is 0.494 e. The van der Waals surface area contributed by atoms with Gasteiger partial charge in [0.1, 0.15) is 11.8 Å². The van der Waals surface area contributed by atoms with Gasteiger partial charge in [0.05, 0.1) is 6.61 Å². The number of rotatable bonds is 6. The van der Waals surface area contributed by atoms with Crippen molar-refractivity contribution < 1.29 is 14.3 Å². The summed E-state index contributed by atoms with van der Waals surface area (Å²) < 4.78 is 5.98. The van der Waals surface area contributed by atoms with Gasteiger partial charge in [-0.15, -0.1) is 0 Å². The number of ether oxygens (including phenoxy) is 1. The minimum absolute atomic E-state index is 0.0159. The Hall–Kier alpha value is -2.08. The molecule has 2 fully saturated rings. The van der Waals surface area contributed by atoms with Crippen LogP contribution in [0.2, 0.25) is 0 Å². The van der Waals surface area contributed by atoms with Crippen LogP contribution in [0.5, 0.6) is 5.75 Å². The third-order valence-corrected chi connectivity index (χ3v) is 6.13. The van der Waals surface area contributed by atoms with Gasteiger partial charge in [-0.1, -0.05) is 12.5 Å². The summed E-state index contributed by atoms with van der Waals surface area (Å²) in [5.41, 5.74) is 2.46. The number of nitrogens with one attached hydrogen (secondary N) is 1. The molecule has 0 aromatic heterocycles. The van der Waals surface area contributed by atoms with E-state index in [1.165, 1.54) is 43.5 Å². The van der Waals surface area contributed by atoms with Crippen LogP contribution in [0.25, 0.3) is 0 Å². The molecule has 2 saturated heterocycles. The van der Waals surface area contributed by atoms with Crippen LogP contribution in [-0.4, -0.2) is 60.4 Å². The average molecular weight is 386 g/mol. The van der Waals surface area contributed by atoms with E-state index in [0.717, 1.165) is 31.7 Å². The number of fused-ring (bicyclic) bond motifs is 1. The summed E-state index contributed by atoms with van der Waals surface area (Å²) in [6.07, 6.45) is 7.01. The summed E-state index contributed by atoms with van der Waals surface area (Å²) in [6, 6.07) is 5.90. The van der Waals surface area contributed by atoms with Gasteiger partial charge in [-0.2, -0.15) is 0 Å². The number of benzene rings is 1. The van der Waals surface area contributed by atoms with E-state index in [-0.39, 0.29) is 17.9 Å². The molecule has 3 aliphatic rings. The van der Waals surface area contributed by atoms with E-state index >= 15 is 0 Å². The Labute approximate surface area is 167 Å². The van der Waals surface area contributed by atoms with Crippen LogP contribution in [0.15, 0.2) is 18.2 Å². The highest BCUT2D eigenvalue weighted by atomic mass is 16.5. The number of hydrogen-bond donors (Lipinski definition) is 1. The molecule has 6 heteroatoms. The third-order valence-electron chi connectivity index (χ3n) is 6.13. The molecular formula is C22H31N3O3. The summed E-state index contributed by atoms with van der Waals surface area (Å²) >= 11 is 0. The van der Waals surface area contributed by atoms with Crippen molar-refractivity contribution in [3.63, 3.8) is 0 Å². The maximum absolute atomic E-state index is 12.6. The highest BCUT2D eigenvalue weighted by Gasteiger charge is 2.32. The first kappa shape index (κ1) is 19.2. The lowest BCUT2D eigenvalue weighted by molar-refractivity contribution is -0.135. The molecule has 1 N–H and O–H groups in total. The second-order valence-corrected chi connectivity index (χ2v) is 8.20. The van der Waals surface area contributed by atoms with E-state index in [1.807, 2.05) is 11.0 Å². The number of carbonyl (C=O) groups is 2. The highest BCUT2D eigenvalue weighted by molar-refractivity contribution is 5.90. The molecule has 3 aliphatic heterocycles. The molecule has 0 saturated carbocycles. The Morgan fingerprint density at radius 2 is 1.96 bits per heavy atom. The van der Waals surface area contributed by atoms with Crippen LogP contribution in [0.4, 0.5) is 0 Å². The molecule has 0 aliphatic carbocycles. The first-order valence-corrected chi connectivity index (χ1v) is 10.7. The number of hydrogen-bond acceptors (Lipinski definition) is 4. The van der Waals surface area contributed by atoms with Gasteiger partial charge in [-0.05, 0) is 68.5 Å². The number of nitrogens with zero attached hydrogens (tertiary/aromatic N) is 2. The SMILES string of the molecule is O=C1CCC(C(=O)N2CCc3cc(OCCCN4CCCCC4)ccc3C2)N1. The van der Waals surface area contributed by atoms with Gasteiger partial charge < -0.3 is 19.9 Å².